The summed E-state index contributed by atoms with van der Waals surface area (Å²) in [5, 5.41) is 0. The van der Waals surface area contributed by atoms with Gasteiger partial charge >= 0.3 is 0 Å². The van der Waals surface area contributed by atoms with Gasteiger partial charge in [-0.25, -0.2) is 0 Å². The predicted octanol–water partition coefficient (Wildman–Crippen LogP) is 9.29. The number of alkyl halides is 1. The van der Waals surface area contributed by atoms with E-state index in [1.165, 1.54) is 89.9 Å². The van der Waals surface area contributed by atoms with Crippen molar-refractivity contribution in [2.75, 3.05) is 19.9 Å². The summed E-state index contributed by atoms with van der Waals surface area (Å²) in [5.41, 5.74) is 0. The van der Waals surface area contributed by atoms with Crippen LogP contribution in [0, 0.1) is 0 Å². The number of halogens is 1. The Balaban J connectivity index is -0.00000123. The average Bonchev–Trinajstić information content (AvgIpc) is 2.70. The molecule has 2 heteroatoms. The van der Waals surface area contributed by atoms with Crippen LogP contribution >= 0.6 is 0 Å². The molecule has 0 fully saturated rings. The van der Waals surface area contributed by atoms with Crippen molar-refractivity contribution in [1.82, 2.24) is 0 Å². The molecule has 0 aliphatic heterocycles. The fourth-order valence-corrected chi connectivity index (χ4v) is 2.77. The SMILES string of the molecule is CC.CC.CCCCOCCCCCCCCCCCCCCCCF. The van der Waals surface area contributed by atoms with Crippen molar-refractivity contribution in [2.24, 2.45) is 0 Å². The summed E-state index contributed by atoms with van der Waals surface area (Å²) < 4.78 is 17.5. The average molecular weight is 377 g/mol. The van der Waals surface area contributed by atoms with E-state index in [-0.39, 0.29) is 6.67 Å². The first-order valence-electron chi connectivity index (χ1n) is 12.1. The number of unbranched alkanes of at least 4 members (excludes halogenated alkanes) is 14. The van der Waals surface area contributed by atoms with Crippen LogP contribution in [-0.4, -0.2) is 19.9 Å². The monoisotopic (exact) mass is 376 g/mol. The highest BCUT2D eigenvalue weighted by Crippen LogP contribution is 2.13. The van der Waals surface area contributed by atoms with Crippen LogP contribution in [0.1, 0.15) is 137 Å². The molecule has 0 aromatic carbocycles. The third kappa shape index (κ3) is 35.1. The normalized spacial score (nSPS) is 9.92. The first kappa shape index (κ1) is 30.6. The van der Waals surface area contributed by atoms with Crippen molar-refractivity contribution in [3.8, 4) is 0 Å². The Kier molecular flexibility index (Phi) is 42.3. The number of ether oxygens (including phenoxy) is 1. The van der Waals surface area contributed by atoms with Gasteiger partial charge in [-0.1, -0.05) is 118 Å². The maximum absolute atomic E-state index is 11.9. The summed E-state index contributed by atoms with van der Waals surface area (Å²) in [7, 11) is 0. The van der Waals surface area contributed by atoms with Crippen LogP contribution < -0.4 is 0 Å². The lowest BCUT2D eigenvalue weighted by Crippen LogP contribution is -1.96. The molecule has 0 saturated carbocycles. The highest BCUT2D eigenvalue weighted by atomic mass is 19.1. The molecule has 0 heterocycles. The first-order valence-corrected chi connectivity index (χ1v) is 12.1. The van der Waals surface area contributed by atoms with Gasteiger partial charge in [0.1, 0.15) is 0 Å². The molecule has 0 unspecified atom stereocenters. The fraction of sp³-hybridized carbons (Fsp3) is 1.00. The molecule has 0 radical (unpaired) electrons. The Bertz CT molecular complexity index is 165. The van der Waals surface area contributed by atoms with Gasteiger partial charge in [0.25, 0.3) is 0 Å². The zero-order valence-corrected chi connectivity index (χ0v) is 19.2. The molecule has 0 aromatic heterocycles. The van der Waals surface area contributed by atoms with Crippen LogP contribution in [0.15, 0.2) is 0 Å². The van der Waals surface area contributed by atoms with Gasteiger partial charge in [0.2, 0.25) is 0 Å². The van der Waals surface area contributed by atoms with Gasteiger partial charge in [-0.05, 0) is 19.3 Å². The van der Waals surface area contributed by atoms with E-state index in [1.807, 2.05) is 27.7 Å². The van der Waals surface area contributed by atoms with Gasteiger partial charge in [0.15, 0.2) is 0 Å². The number of hydrogen-bond acceptors (Lipinski definition) is 1. The topological polar surface area (TPSA) is 9.23 Å². The maximum atomic E-state index is 11.9. The van der Waals surface area contributed by atoms with E-state index in [1.54, 1.807) is 0 Å². The Morgan fingerprint density at radius 1 is 0.462 bits per heavy atom. The minimum absolute atomic E-state index is 0.133. The van der Waals surface area contributed by atoms with Crippen LogP contribution in [0.3, 0.4) is 0 Å². The molecule has 0 amide bonds. The zero-order chi connectivity index (χ0) is 20.1. The standard InChI is InChI=1S/C20H41FO.2C2H6/c1-2-3-19-22-20-17-15-13-11-9-7-5-4-6-8-10-12-14-16-18-21;2*1-2/h2-20H2,1H3;2*1-2H3. The van der Waals surface area contributed by atoms with Crippen molar-refractivity contribution in [2.45, 2.75) is 137 Å². The molecule has 0 N–H and O–H groups in total. The Morgan fingerprint density at radius 2 is 0.769 bits per heavy atom. The molecule has 0 rings (SSSR count). The van der Waals surface area contributed by atoms with Crippen LogP contribution in [0.4, 0.5) is 4.39 Å². The summed E-state index contributed by atoms with van der Waals surface area (Å²) in [6.45, 7) is 12.0. The highest BCUT2D eigenvalue weighted by Gasteiger charge is 1.94. The summed E-state index contributed by atoms with van der Waals surface area (Å²) >= 11 is 0. The van der Waals surface area contributed by atoms with Crippen LogP contribution in [0.25, 0.3) is 0 Å². The fourth-order valence-electron chi connectivity index (χ4n) is 2.77. The molecule has 0 spiro atoms. The van der Waals surface area contributed by atoms with Gasteiger partial charge < -0.3 is 4.74 Å². The zero-order valence-electron chi connectivity index (χ0n) is 19.2. The van der Waals surface area contributed by atoms with Crippen molar-refractivity contribution < 1.29 is 9.13 Å². The highest BCUT2D eigenvalue weighted by molar-refractivity contribution is 4.49. The summed E-state index contributed by atoms with van der Waals surface area (Å²) in [5.74, 6) is 0. The van der Waals surface area contributed by atoms with E-state index in [2.05, 4.69) is 6.92 Å². The molecule has 0 atom stereocenters. The number of rotatable bonds is 19. The van der Waals surface area contributed by atoms with Gasteiger partial charge in [0, 0.05) is 13.2 Å². The molecule has 1 nitrogen and oxygen atoms in total. The lowest BCUT2D eigenvalue weighted by Gasteiger charge is -2.04. The van der Waals surface area contributed by atoms with Crippen molar-refractivity contribution >= 4 is 0 Å². The molecular formula is C24H53FO. The molecule has 0 aliphatic rings. The second-order valence-electron chi connectivity index (χ2n) is 6.60. The predicted molar refractivity (Wildman–Crippen MR) is 119 cm³/mol. The van der Waals surface area contributed by atoms with E-state index in [9.17, 15) is 4.39 Å². The molecule has 162 valence electrons. The van der Waals surface area contributed by atoms with Crippen molar-refractivity contribution in [3.05, 3.63) is 0 Å². The molecule has 0 saturated heterocycles. The molecule has 26 heavy (non-hydrogen) atoms. The first-order chi connectivity index (χ1) is 12.9. The van der Waals surface area contributed by atoms with Crippen LogP contribution in [-0.2, 0) is 4.74 Å². The second-order valence-corrected chi connectivity index (χ2v) is 6.60. The van der Waals surface area contributed by atoms with Gasteiger partial charge in [-0.3, -0.25) is 4.39 Å². The largest absolute Gasteiger partial charge is 0.381 e. The molecule has 0 bridgehead atoms. The van der Waals surface area contributed by atoms with E-state index in [4.69, 9.17) is 4.74 Å². The van der Waals surface area contributed by atoms with Gasteiger partial charge in [-0.15, -0.1) is 0 Å². The summed E-state index contributed by atoms with van der Waals surface area (Å²) in [4.78, 5) is 0. The number of hydrogen-bond donors (Lipinski definition) is 0. The Morgan fingerprint density at radius 3 is 1.12 bits per heavy atom. The van der Waals surface area contributed by atoms with Crippen LogP contribution in [0.2, 0.25) is 0 Å². The minimum atomic E-state index is -0.133. The van der Waals surface area contributed by atoms with Gasteiger partial charge in [0.05, 0.1) is 6.67 Å². The van der Waals surface area contributed by atoms with E-state index >= 15 is 0 Å². The van der Waals surface area contributed by atoms with Crippen molar-refractivity contribution in [3.63, 3.8) is 0 Å². The minimum Gasteiger partial charge on any atom is -0.381 e. The van der Waals surface area contributed by atoms with E-state index in [0.29, 0.717) is 0 Å². The second kappa shape index (κ2) is 35.9. The van der Waals surface area contributed by atoms with Crippen molar-refractivity contribution in [1.29, 1.82) is 0 Å². The summed E-state index contributed by atoms with van der Waals surface area (Å²) in [6.07, 6.45) is 20.5. The van der Waals surface area contributed by atoms with Gasteiger partial charge in [-0.2, -0.15) is 0 Å². The van der Waals surface area contributed by atoms with E-state index < -0.39 is 0 Å². The maximum Gasteiger partial charge on any atom is 0.0894 e. The lowest BCUT2D eigenvalue weighted by molar-refractivity contribution is 0.127. The third-order valence-corrected chi connectivity index (χ3v) is 4.31. The van der Waals surface area contributed by atoms with E-state index in [0.717, 1.165) is 26.1 Å². The Hall–Kier alpha value is -0.110. The molecule has 0 aliphatic carbocycles. The quantitative estimate of drug-likeness (QED) is 0.204. The smallest absolute Gasteiger partial charge is 0.0894 e. The third-order valence-electron chi connectivity index (χ3n) is 4.31. The molecular weight excluding hydrogens is 323 g/mol. The van der Waals surface area contributed by atoms with Crippen LogP contribution in [0.5, 0.6) is 0 Å². The molecule has 0 aromatic rings. The Labute approximate surface area is 166 Å². The summed E-state index contributed by atoms with van der Waals surface area (Å²) in [6, 6.07) is 0. The lowest BCUT2D eigenvalue weighted by atomic mass is 10.0.